The van der Waals surface area contributed by atoms with Gasteiger partial charge in [-0.3, -0.25) is 0 Å². The van der Waals surface area contributed by atoms with Crippen LogP contribution in [0.25, 0.3) is 0 Å². The van der Waals surface area contributed by atoms with E-state index in [9.17, 15) is 8.42 Å². The summed E-state index contributed by atoms with van der Waals surface area (Å²) in [6.45, 7) is 6.56. The van der Waals surface area contributed by atoms with E-state index >= 15 is 0 Å². The summed E-state index contributed by atoms with van der Waals surface area (Å²) in [5, 5.41) is 0. The number of rotatable bonds is 2. The minimum atomic E-state index is -3.23. The normalized spacial score (nSPS) is 10.9. The Bertz CT molecular complexity index is 219. The maximum Gasteiger partial charge on any atom is 0.216 e. The fraction of sp³-hybridized carbons (Fsp3) is 0. The van der Waals surface area contributed by atoms with Crippen LogP contribution in [0.1, 0.15) is 0 Å². The molecule has 0 spiro atoms. The van der Waals surface area contributed by atoms with Crippen molar-refractivity contribution < 1.29 is 8.42 Å². The molecule has 0 aliphatic rings. The Labute approximate surface area is 81.6 Å². The van der Waals surface area contributed by atoms with Crippen molar-refractivity contribution in [2.24, 2.45) is 0 Å². The van der Waals surface area contributed by atoms with Crippen molar-refractivity contribution in [3.63, 3.8) is 0 Å². The van der Waals surface area contributed by atoms with Gasteiger partial charge in [-0.2, -0.15) is 0 Å². The van der Waals surface area contributed by atoms with Gasteiger partial charge < -0.3 is 0 Å². The second-order valence-corrected chi connectivity index (χ2v) is 7.27. The molecular formula is C4H4I2O2S. The third kappa shape index (κ3) is 2.54. The van der Waals surface area contributed by atoms with Crippen molar-refractivity contribution in [2.45, 2.75) is 0 Å². The smallest absolute Gasteiger partial charge is 0.216 e. The molecule has 0 aliphatic heterocycles. The van der Waals surface area contributed by atoms with Crippen LogP contribution < -0.4 is 0 Å². The predicted octanol–water partition coefficient (Wildman–Crippen LogP) is 2.21. The summed E-state index contributed by atoms with van der Waals surface area (Å²) in [5.41, 5.74) is 0. The van der Waals surface area contributed by atoms with Crippen molar-refractivity contribution >= 4 is 55.0 Å². The van der Waals surface area contributed by atoms with Crippen LogP contribution in [0, 0.1) is 0 Å². The largest absolute Gasteiger partial charge is 0.218 e. The fourth-order valence-electron chi connectivity index (χ4n) is 0.120. The zero-order valence-electron chi connectivity index (χ0n) is 4.39. The van der Waals surface area contributed by atoms with Crippen LogP contribution in [-0.2, 0) is 9.84 Å². The maximum absolute atomic E-state index is 10.8. The van der Waals surface area contributed by atoms with Gasteiger partial charge in [0, 0.05) is 0 Å². The average molecular weight is 370 g/mol. The minimum Gasteiger partial charge on any atom is -0.218 e. The van der Waals surface area contributed by atoms with Crippen LogP contribution in [-0.4, -0.2) is 8.42 Å². The summed E-state index contributed by atoms with van der Waals surface area (Å²) in [5.74, 6) is 0. The van der Waals surface area contributed by atoms with Gasteiger partial charge in [0.25, 0.3) is 0 Å². The molecule has 9 heavy (non-hydrogen) atoms. The molecule has 2 nitrogen and oxygen atoms in total. The van der Waals surface area contributed by atoms with Crippen LogP contribution in [0.3, 0.4) is 0 Å². The van der Waals surface area contributed by atoms with Gasteiger partial charge in [0.1, 0.15) is 5.82 Å². The Morgan fingerprint density at radius 2 is 1.33 bits per heavy atom. The first-order valence-corrected chi connectivity index (χ1v) is 5.47. The Hall–Kier alpha value is 0.890. The van der Waals surface area contributed by atoms with E-state index in [0.717, 1.165) is 0 Å². The molecule has 0 saturated carbocycles. The molecule has 0 N–H and O–H groups in total. The van der Waals surface area contributed by atoms with Crippen LogP contribution in [0.15, 0.2) is 19.0 Å². The van der Waals surface area contributed by atoms with Gasteiger partial charge in [0.05, 0.1) is 0 Å². The third-order valence-electron chi connectivity index (χ3n) is 0.583. The summed E-state index contributed by atoms with van der Waals surface area (Å²) in [6.07, 6.45) is 0. The van der Waals surface area contributed by atoms with Gasteiger partial charge in [0.2, 0.25) is 9.84 Å². The predicted molar refractivity (Wildman–Crippen MR) is 55.2 cm³/mol. The lowest BCUT2D eigenvalue weighted by atomic mass is 11.2. The van der Waals surface area contributed by atoms with Crippen molar-refractivity contribution in [1.29, 1.82) is 0 Å². The minimum absolute atomic E-state index is 0.111. The van der Waals surface area contributed by atoms with Crippen molar-refractivity contribution in [3.05, 3.63) is 19.0 Å². The number of hydrogen-bond donors (Lipinski definition) is 0. The standard InChI is InChI=1S/C4H4I2O2S/c1-3(5)9(7,8)4(2)6/h1-2H2. The number of sulfone groups is 1. The summed E-state index contributed by atoms with van der Waals surface area (Å²) < 4.78 is 21.9. The molecule has 0 radical (unpaired) electrons. The highest BCUT2D eigenvalue weighted by Gasteiger charge is 2.14. The van der Waals surface area contributed by atoms with E-state index in [-0.39, 0.29) is 5.82 Å². The highest BCUT2D eigenvalue weighted by atomic mass is 127. The molecule has 5 heteroatoms. The quantitative estimate of drug-likeness (QED) is 0.699. The monoisotopic (exact) mass is 370 g/mol. The van der Waals surface area contributed by atoms with Gasteiger partial charge in [-0.25, -0.2) is 8.42 Å². The molecule has 0 aliphatic carbocycles. The van der Waals surface area contributed by atoms with Gasteiger partial charge in [-0.05, 0) is 45.2 Å². The topological polar surface area (TPSA) is 34.1 Å². The highest BCUT2D eigenvalue weighted by molar-refractivity contribution is 14.1. The fourth-order valence-corrected chi connectivity index (χ4v) is 3.22. The maximum atomic E-state index is 10.8. The Morgan fingerprint density at radius 3 is 1.33 bits per heavy atom. The SMILES string of the molecule is C=C(I)S(=O)(=O)C(=C)I. The van der Waals surface area contributed by atoms with Gasteiger partial charge in [-0.1, -0.05) is 13.2 Å². The molecule has 0 bridgehead atoms. The second-order valence-electron chi connectivity index (χ2n) is 1.21. The molecule has 0 saturated heterocycles. The third-order valence-corrected chi connectivity index (χ3v) is 5.23. The van der Waals surface area contributed by atoms with E-state index in [1.807, 2.05) is 0 Å². The van der Waals surface area contributed by atoms with Crippen molar-refractivity contribution in [3.8, 4) is 0 Å². The van der Waals surface area contributed by atoms with Gasteiger partial charge in [0.15, 0.2) is 0 Å². The van der Waals surface area contributed by atoms with E-state index < -0.39 is 9.84 Å². The van der Waals surface area contributed by atoms with Crippen molar-refractivity contribution in [1.82, 2.24) is 0 Å². The van der Waals surface area contributed by atoms with E-state index in [1.54, 1.807) is 45.2 Å². The van der Waals surface area contributed by atoms with E-state index in [2.05, 4.69) is 13.2 Å². The zero-order chi connectivity index (χ0) is 7.65. The summed E-state index contributed by atoms with van der Waals surface area (Å²) in [6, 6.07) is 0. The van der Waals surface area contributed by atoms with Crippen molar-refractivity contribution in [2.75, 3.05) is 0 Å². The average Bonchev–Trinajstić information content (AvgIpc) is 1.65. The van der Waals surface area contributed by atoms with Crippen LogP contribution >= 0.6 is 45.2 Å². The lowest BCUT2D eigenvalue weighted by Gasteiger charge is -1.95. The highest BCUT2D eigenvalue weighted by Crippen LogP contribution is 2.23. The van der Waals surface area contributed by atoms with E-state index in [1.165, 1.54) is 0 Å². The lowest BCUT2D eigenvalue weighted by molar-refractivity contribution is 0.612. The first-order chi connectivity index (χ1) is 3.89. The Morgan fingerprint density at radius 1 is 1.11 bits per heavy atom. The lowest BCUT2D eigenvalue weighted by Crippen LogP contribution is -1.95. The summed E-state index contributed by atoms with van der Waals surface area (Å²) in [4.78, 5) is 0. The van der Waals surface area contributed by atoms with Crippen LogP contribution in [0.2, 0.25) is 0 Å². The van der Waals surface area contributed by atoms with E-state index in [4.69, 9.17) is 0 Å². The molecule has 0 amide bonds. The molecule has 0 unspecified atom stereocenters. The zero-order valence-corrected chi connectivity index (χ0v) is 9.53. The molecule has 0 aromatic heterocycles. The molecule has 0 fully saturated rings. The molecule has 52 valence electrons. The number of hydrogen-bond acceptors (Lipinski definition) is 2. The molecule has 0 aromatic carbocycles. The van der Waals surface area contributed by atoms with Gasteiger partial charge in [-0.15, -0.1) is 0 Å². The first-order valence-electron chi connectivity index (χ1n) is 1.83. The molecule has 0 aromatic rings. The molecule has 0 atom stereocenters. The molecular weight excluding hydrogens is 366 g/mol. The first kappa shape index (κ1) is 9.89. The van der Waals surface area contributed by atoms with E-state index in [0.29, 0.717) is 0 Å². The second kappa shape index (κ2) is 3.33. The molecule has 0 rings (SSSR count). The Kier molecular flexibility index (Phi) is 3.66. The van der Waals surface area contributed by atoms with Gasteiger partial charge >= 0.3 is 0 Å². The van der Waals surface area contributed by atoms with Crippen LogP contribution in [0.5, 0.6) is 0 Å². The summed E-state index contributed by atoms with van der Waals surface area (Å²) >= 11 is 3.30. The Balaban J connectivity index is 4.87. The number of halogens is 2. The summed E-state index contributed by atoms with van der Waals surface area (Å²) in [7, 11) is -3.23. The van der Waals surface area contributed by atoms with Crippen LogP contribution in [0.4, 0.5) is 0 Å². The molecule has 0 heterocycles.